The second-order valence-electron chi connectivity index (χ2n) is 7.68. The number of aromatic nitrogens is 1. The van der Waals surface area contributed by atoms with Crippen molar-refractivity contribution >= 4 is 17.4 Å². The second-order valence-corrected chi connectivity index (χ2v) is 7.68. The summed E-state index contributed by atoms with van der Waals surface area (Å²) in [6, 6.07) is 16.6. The summed E-state index contributed by atoms with van der Waals surface area (Å²) in [5.74, 6) is -0.412. The van der Waals surface area contributed by atoms with Gasteiger partial charge in [-0.2, -0.15) is 0 Å². The number of amides is 1. The van der Waals surface area contributed by atoms with Crippen molar-refractivity contribution in [3.8, 4) is 11.5 Å². The molecule has 0 saturated carbocycles. The third-order valence-corrected chi connectivity index (χ3v) is 5.57. The summed E-state index contributed by atoms with van der Waals surface area (Å²) in [5.41, 5.74) is 1.94. The second kappa shape index (κ2) is 10.0. The number of rotatable bonds is 8. The molecule has 1 N–H and O–H groups in total. The Morgan fingerprint density at radius 1 is 1.03 bits per heavy atom. The molecular formula is C27H24N2O5. The Labute approximate surface area is 197 Å². The number of hydrogen-bond acceptors (Lipinski definition) is 6. The molecule has 0 aliphatic carbocycles. The van der Waals surface area contributed by atoms with E-state index in [1.807, 2.05) is 0 Å². The van der Waals surface area contributed by atoms with Crippen molar-refractivity contribution in [3.05, 3.63) is 108 Å². The predicted molar refractivity (Wildman–Crippen MR) is 127 cm³/mol. The van der Waals surface area contributed by atoms with Crippen molar-refractivity contribution in [1.82, 2.24) is 9.88 Å². The van der Waals surface area contributed by atoms with Gasteiger partial charge in [0.2, 0.25) is 0 Å². The van der Waals surface area contributed by atoms with Crippen LogP contribution >= 0.6 is 0 Å². The van der Waals surface area contributed by atoms with Crippen LogP contribution in [0.15, 0.2) is 91.3 Å². The van der Waals surface area contributed by atoms with Crippen LogP contribution < -0.4 is 9.47 Å². The van der Waals surface area contributed by atoms with E-state index in [-0.39, 0.29) is 17.9 Å². The van der Waals surface area contributed by atoms with Gasteiger partial charge in [-0.1, -0.05) is 24.8 Å². The quantitative estimate of drug-likeness (QED) is 0.236. The minimum atomic E-state index is -0.774. The predicted octanol–water partition coefficient (Wildman–Crippen LogP) is 4.28. The molecule has 2 heterocycles. The van der Waals surface area contributed by atoms with Gasteiger partial charge in [0.1, 0.15) is 23.9 Å². The van der Waals surface area contributed by atoms with E-state index in [9.17, 15) is 14.7 Å². The van der Waals surface area contributed by atoms with Crippen LogP contribution in [0.25, 0.3) is 5.76 Å². The fourth-order valence-electron chi connectivity index (χ4n) is 3.88. The van der Waals surface area contributed by atoms with Gasteiger partial charge in [-0.25, -0.2) is 0 Å². The van der Waals surface area contributed by atoms with Crippen molar-refractivity contribution < 1.29 is 24.2 Å². The molecule has 1 aliphatic heterocycles. The van der Waals surface area contributed by atoms with Gasteiger partial charge in [0.15, 0.2) is 0 Å². The maximum atomic E-state index is 13.2. The molecule has 1 unspecified atom stereocenters. The number of ether oxygens (including phenoxy) is 2. The summed E-state index contributed by atoms with van der Waals surface area (Å²) in [4.78, 5) is 31.7. The van der Waals surface area contributed by atoms with Crippen molar-refractivity contribution in [1.29, 1.82) is 0 Å². The van der Waals surface area contributed by atoms with Gasteiger partial charge in [0, 0.05) is 24.5 Å². The van der Waals surface area contributed by atoms with Gasteiger partial charge < -0.3 is 19.5 Å². The number of benzene rings is 2. The van der Waals surface area contributed by atoms with Crippen LogP contribution in [0.4, 0.5) is 0 Å². The van der Waals surface area contributed by atoms with E-state index >= 15 is 0 Å². The zero-order valence-corrected chi connectivity index (χ0v) is 18.7. The Bertz CT molecular complexity index is 1220. The van der Waals surface area contributed by atoms with Crippen molar-refractivity contribution in [2.75, 3.05) is 13.7 Å². The van der Waals surface area contributed by atoms with E-state index in [2.05, 4.69) is 11.6 Å². The number of pyridine rings is 1. The van der Waals surface area contributed by atoms with Gasteiger partial charge in [-0.15, -0.1) is 0 Å². The first-order valence-electron chi connectivity index (χ1n) is 10.7. The highest BCUT2D eigenvalue weighted by Gasteiger charge is 2.46. The number of methoxy groups -OCH3 is 1. The Morgan fingerprint density at radius 3 is 2.29 bits per heavy atom. The summed E-state index contributed by atoms with van der Waals surface area (Å²) in [6.07, 6.45) is 4.90. The molecule has 172 valence electrons. The lowest BCUT2D eigenvalue weighted by Gasteiger charge is -2.25. The Kier molecular flexibility index (Phi) is 6.73. The molecule has 0 spiro atoms. The lowest BCUT2D eigenvalue weighted by Crippen LogP contribution is -2.29. The van der Waals surface area contributed by atoms with Crippen molar-refractivity contribution in [3.63, 3.8) is 0 Å². The number of nitrogens with zero attached hydrogens (tertiary/aromatic N) is 2. The molecule has 3 aromatic rings. The monoisotopic (exact) mass is 456 g/mol. The van der Waals surface area contributed by atoms with Gasteiger partial charge in [-0.3, -0.25) is 14.6 Å². The Morgan fingerprint density at radius 2 is 1.68 bits per heavy atom. The summed E-state index contributed by atoms with van der Waals surface area (Å²) < 4.78 is 10.7. The van der Waals surface area contributed by atoms with Crippen molar-refractivity contribution in [2.45, 2.75) is 12.6 Å². The SMILES string of the molecule is C=CCOc1ccc(C2/C(=C(/O)c3ccc(OC)cc3)C(=O)C(=O)N2Cc2ccncc2)cc1. The van der Waals surface area contributed by atoms with Crippen LogP contribution in [0, 0.1) is 0 Å². The summed E-state index contributed by atoms with van der Waals surface area (Å²) in [7, 11) is 1.54. The van der Waals surface area contributed by atoms with E-state index in [0.717, 1.165) is 5.56 Å². The summed E-state index contributed by atoms with van der Waals surface area (Å²) >= 11 is 0. The van der Waals surface area contributed by atoms with Gasteiger partial charge in [0.25, 0.3) is 11.7 Å². The first-order valence-corrected chi connectivity index (χ1v) is 10.7. The molecule has 7 nitrogen and oxygen atoms in total. The molecule has 1 aliphatic rings. The van der Waals surface area contributed by atoms with Gasteiger partial charge in [-0.05, 0) is 59.7 Å². The molecule has 0 bridgehead atoms. The number of hydrogen-bond donors (Lipinski definition) is 1. The first kappa shape index (κ1) is 22.8. The number of aliphatic hydroxyl groups excluding tert-OH is 1. The minimum Gasteiger partial charge on any atom is -0.507 e. The van der Waals surface area contributed by atoms with Crippen molar-refractivity contribution in [2.24, 2.45) is 0 Å². The van der Waals surface area contributed by atoms with Gasteiger partial charge >= 0.3 is 0 Å². The molecular weight excluding hydrogens is 432 g/mol. The molecule has 7 heteroatoms. The molecule has 4 rings (SSSR count). The van der Waals surface area contributed by atoms with E-state index in [0.29, 0.717) is 29.2 Å². The number of likely N-dealkylation sites (tertiary alicyclic amines) is 1. The van der Waals surface area contributed by atoms with E-state index < -0.39 is 17.7 Å². The summed E-state index contributed by atoms with van der Waals surface area (Å²) in [6.45, 7) is 4.18. The molecule has 1 atom stereocenters. The molecule has 1 fully saturated rings. The maximum Gasteiger partial charge on any atom is 0.295 e. The van der Waals surface area contributed by atoms with Crippen LogP contribution in [-0.4, -0.2) is 40.4 Å². The average Bonchev–Trinajstić information content (AvgIpc) is 3.13. The van der Waals surface area contributed by atoms with E-state index in [1.165, 1.54) is 4.90 Å². The Hall–Kier alpha value is -4.39. The molecule has 2 aromatic carbocycles. The highest BCUT2D eigenvalue weighted by Crippen LogP contribution is 2.40. The fraction of sp³-hybridized carbons (Fsp3) is 0.148. The fourth-order valence-corrected chi connectivity index (χ4v) is 3.88. The lowest BCUT2D eigenvalue weighted by atomic mass is 9.95. The Balaban J connectivity index is 1.80. The van der Waals surface area contributed by atoms with Crippen LogP contribution in [-0.2, 0) is 16.1 Å². The lowest BCUT2D eigenvalue weighted by molar-refractivity contribution is -0.140. The average molecular weight is 456 g/mol. The summed E-state index contributed by atoms with van der Waals surface area (Å²) in [5, 5.41) is 11.2. The number of aliphatic hydroxyl groups is 1. The number of ketones is 1. The third-order valence-electron chi connectivity index (χ3n) is 5.57. The molecule has 1 aromatic heterocycles. The zero-order chi connectivity index (χ0) is 24.1. The van der Waals surface area contributed by atoms with Crippen LogP contribution in [0.5, 0.6) is 11.5 Å². The molecule has 0 radical (unpaired) electrons. The molecule has 1 amide bonds. The normalized spacial score (nSPS) is 17.0. The van der Waals surface area contributed by atoms with Gasteiger partial charge in [0.05, 0.1) is 18.7 Å². The number of Topliss-reactive ketones (excluding diaryl/α,β-unsaturated/α-hetero) is 1. The highest BCUT2D eigenvalue weighted by atomic mass is 16.5. The minimum absolute atomic E-state index is 0.0315. The first-order chi connectivity index (χ1) is 16.5. The highest BCUT2D eigenvalue weighted by molar-refractivity contribution is 6.46. The van der Waals surface area contributed by atoms with E-state index in [1.54, 1.807) is 86.2 Å². The van der Waals surface area contributed by atoms with E-state index in [4.69, 9.17) is 9.47 Å². The molecule has 1 saturated heterocycles. The largest absolute Gasteiger partial charge is 0.507 e. The standard InChI is InChI=1S/C27H24N2O5/c1-3-16-34-22-10-4-19(5-11-22)24-23(25(30)20-6-8-21(33-2)9-7-20)26(31)27(32)29(24)17-18-12-14-28-15-13-18/h3-15,24,30H,1,16-17H2,2H3/b25-23-. The van der Waals surface area contributed by atoms with Crippen LogP contribution in [0.1, 0.15) is 22.7 Å². The number of carbonyl (C=O) groups is 2. The maximum absolute atomic E-state index is 13.2. The van der Waals surface area contributed by atoms with Crippen LogP contribution in [0.2, 0.25) is 0 Å². The number of carbonyl (C=O) groups excluding carboxylic acids is 2. The topological polar surface area (TPSA) is 89.0 Å². The van der Waals surface area contributed by atoms with Crippen LogP contribution in [0.3, 0.4) is 0 Å². The smallest absolute Gasteiger partial charge is 0.295 e. The zero-order valence-electron chi connectivity index (χ0n) is 18.7. The third kappa shape index (κ3) is 4.54. The molecule has 34 heavy (non-hydrogen) atoms.